The summed E-state index contributed by atoms with van der Waals surface area (Å²) in [5.41, 5.74) is 0.433. The third kappa shape index (κ3) is 4.13. The maximum atomic E-state index is 11.9. The Hall–Kier alpha value is -2.70. The zero-order chi connectivity index (χ0) is 15.1. The molecule has 1 N–H and O–H groups in total. The highest BCUT2D eigenvalue weighted by Crippen LogP contribution is 2.05. The molecule has 2 aromatic heterocycles. The molecule has 0 atom stereocenters. The molecule has 0 aromatic carbocycles. The summed E-state index contributed by atoms with van der Waals surface area (Å²) in [7, 11) is 0. The normalized spacial score (nSPS) is 10.1. The van der Waals surface area contributed by atoms with Crippen LogP contribution >= 0.6 is 0 Å². The van der Waals surface area contributed by atoms with E-state index < -0.39 is 0 Å². The molecule has 2 rings (SSSR count). The summed E-state index contributed by atoms with van der Waals surface area (Å²) < 4.78 is 6.51. The fourth-order valence-corrected chi connectivity index (χ4v) is 1.68. The molecule has 0 saturated heterocycles. The third-order valence-electron chi connectivity index (χ3n) is 2.70. The van der Waals surface area contributed by atoms with Crippen LogP contribution in [0.2, 0.25) is 0 Å². The summed E-state index contributed by atoms with van der Waals surface area (Å²) in [4.78, 5) is 31.1. The summed E-state index contributed by atoms with van der Waals surface area (Å²) >= 11 is 0. The molecule has 2 aromatic rings. The molecule has 0 aliphatic carbocycles. The number of esters is 1. The number of carbonyl (C=O) groups is 2. The van der Waals surface area contributed by atoms with Crippen molar-refractivity contribution in [3.05, 3.63) is 42.6 Å². The van der Waals surface area contributed by atoms with Crippen molar-refractivity contribution in [2.24, 2.45) is 0 Å². The largest absolute Gasteiger partial charge is 0.466 e. The van der Waals surface area contributed by atoms with E-state index in [1.54, 1.807) is 42.3 Å². The number of hydrogen-bond donors (Lipinski definition) is 1. The van der Waals surface area contributed by atoms with E-state index in [4.69, 9.17) is 4.74 Å². The Morgan fingerprint density at radius 1 is 1.38 bits per heavy atom. The third-order valence-corrected chi connectivity index (χ3v) is 2.70. The van der Waals surface area contributed by atoms with Crippen molar-refractivity contribution in [2.45, 2.75) is 13.3 Å². The van der Waals surface area contributed by atoms with Gasteiger partial charge in [0, 0.05) is 25.1 Å². The van der Waals surface area contributed by atoms with Crippen molar-refractivity contribution in [1.29, 1.82) is 0 Å². The minimum absolute atomic E-state index is 0.153. The minimum atomic E-state index is -0.327. The van der Waals surface area contributed by atoms with E-state index in [1.165, 1.54) is 6.20 Å². The van der Waals surface area contributed by atoms with Gasteiger partial charge in [-0.2, -0.15) is 0 Å². The SMILES string of the molecule is CCOC(=O)CCNC(=O)c1ccc(-n2ccnc2)nc1. The number of amides is 1. The van der Waals surface area contributed by atoms with Crippen LogP contribution in [0.1, 0.15) is 23.7 Å². The maximum absolute atomic E-state index is 11.9. The average Bonchev–Trinajstić information content (AvgIpc) is 3.02. The first-order chi connectivity index (χ1) is 10.2. The Morgan fingerprint density at radius 3 is 2.86 bits per heavy atom. The summed E-state index contributed by atoms with van der Waals surface area (Å²) in [6, 6.07) is 3.39. The number of imidazole rings is 1. The van der Waals surface area contributed by atoms with Crippen LogP contribution in [0.4, 0.5) is 0 Å². The molecule has 0 unspecified atom stereocenters. The van der Waals surface area contributed by atoms with Crippen LogP contribution in [0.15, 0.2) is 37.1 Å². The van der Waals surface area contributed by atoms with Gasteiger partial charge in [0.2, 0.25) is 0 Å². The second kappa shape index (κ2) is 7.18. The van der Waals surface area contributed by atoms with E-state index in [1.807, 2.05) is 0 Å². The van der Waals surface area contributed by atoms with Gasteiger partial charge in [-0.05, 0) is 19.1 Å². The van der Waals surface area contributed by atoms with E-state index in [9.17, 15) is 9.59 Å². The molecule has 0 bridgehead atoms. The lowest BCUT2D eigenvalue weighted by Crippen LogP contribution is -2.26. The van der Waals surface area contributed by atoms with Gasteiger partial charge >= 0.3 is 5.97 Å². The fraction of sp³-hybridized carbons (Fsp3) is 0.286. The molecular weight excluding hydrogens is 272 g/mol. The molecule has 0 aliphatic rings. The zero-order valence-electron chi connectivity index (χ0n) is 11.7. The Kier molecular flexibility index (Phi) is 5.03. The van der Waals surface area contributed by atoms with Crippen molar-refractivity contribution in [2.75, 3.05) is 13.2 Å². The molecule has 1 amide bonds. The number of hydrogen-bond acceptors (Lipinski definition) is 5. The van der Waals surface area contributed by atoms with Crippen molar-refractivity contribution in [1.82, 2.24) is 19.9 Å². The number of ether oxygens (including phenoxy) is 1. The molecule has 2 heterocycles. The molecular formula is C14H16N4O3. The Morgan fingerprint density at radius 2 is 2.24 bits per heavy atom. The van der Waals surface area contributed by atoms with E-state index in [0.717, 1.165) is 0 Å². The van der Waals surface area contributed by atoms with E-state index in [2.05, 4.69) is 15.3 Å². The second-order valence-electron chi connectivity index (χ2n) is 4.19. The van der Waals surface area contributed by atoms with Gasteiger partial charge in [-0.25, -0.2) is 9.97 Å². The first kappa shape index (κ1) is 14.7. The Balaban J connectivity index is 1.87. The Bertz CT molecular complexity index is 593. The first-order valence-corrected chi connectivity index (χ1v) is 6.59. The van der Waals surface area contributed by atoms with Gasteiger partial charge in [0.25, 0.3) is 5.91 Å². The van der Waals surface area contributed by atoms with Gasteiger partial charge in [0.05, 0.1) is 18.6 Å². The molecule has 7 heteroatoms. The molecule has 7 nitrogen and oxygen atoms in total. The lowest BCUT2D eigenvalue weighted by Gasteiger charge is -2.06. The number of nitrogens with zero attached hydrogens (tertiary/aromatic N) is 3. The van der Waals surface area contributed by atoms with Crippen LogP contribution in [0.5, 0.6) is 0 Å². The lowest BCUT2D eigenvalue weighted by atomic mass is 10.2. The molecule has 0 aliphatic heterocycles. The van der Waals surface area contributed by atoms with Crippen molar-refractivity contribution in [3.63, 3.8) is 0 Å². The molecule has 110 valence electrons. The van der Waals surface area contributed by atoms with E-state index in [0.29, 0.717) is 18.0 Å². The Labute approximate surface area is 122 Å². The molecule has 0 fully saturated rings. The number of carbonyl (C=O) groups excluding carboxylic acids is 2. The molecule has 21 heavy (non-hydrogen) atoms. The van der Waals surface area contributed by atoms with Crippen LogP contribution < -0.4 is 5.32 Å². The molecule has 0 saturated carbocycles. The minimum Gasteiger partial charge on any atom is -0.466 e. The van der Waals surface area contributed by atoms with Gasteiger partial charge in [0.15, 0.2) is 0 Å². The van der Waals surface area contributed by atoms with Crippen LogP contribution in [0.3, 0.4) is 0 Å². The van der Waals surface area contributed by atoms with Gasteiger partial charge in [0.1, 0.15) is 12.1 Å². The fourth-order valence-electron chi connectivity index (χ4n) is 1.68. The van der Waals surface area contributed by atoms with Crippen LogP contribution in [0.25, 0.3) is 5.82 Å². The number of rotatable bonds is 6. The zero-order valence-corrected chi connectivity index (χ0v) is 11.7. The summed E-state index contributed by atoms with van der Waals surface area (Å²) in [5.74, 6) is 0.0749. The predicted molar refractivity (Wildman–Crippen MR) is 74.9 cm³/mol. The smallest absolute Gasteiger partial charge is 0.307 e. The quantitative estimate of drug-likeness (QED) is 0.800. The number of nitrogens with one attached hydrogen (secondary N) is 1. The first-order valence-electron chi connectivity index (χ1n) is 6.59. The monoisotopic (exact) mass is 288 g/mol. The van der Waals surface area contributed by atoms with Gasteiger partial charge < -0.3 is 10.1 Å². The highest BCUT2D eigenvalue weighted by Gasteiger charge is 2.08. The lowest BCUT2D eigenvalue weighted by molar-refractivity contribution is -0.142. The predicted octanol–water partition coefficient (Wildman–Crippen LogP) is 0.950. The highest BCUT2D eigenvalue weighted by molar-refractivity contribution is 5.94. The van der Waals surface area contributed by atoms with Crippen molar-refractivity contribution >= 4 is 11.9 Å². The average molecular weight is 288 g/mol. The maximum Gasteiger partial charge on any atom is 0.307 e. The molecule has 0 radical (unpaired) electrons. The number of aromatic nitrogens is 3. The molecule has 0 spiro atoms. The van der Waals surface area contributed by atoms with Gasteiger partial charge in [-0.3, -0.25) is 14.2 Å². The van der Waals surface area contributed by atoms with Gasteiger partial charge in [-0.15, -0.1) is 0 Å². The van der Waals surface area contributed by atoms with E-state index >= 15 is 0 Å². The summed E-state index contributed by atoms with van der Waals surface area (Å²) in [6.07, 6.45) is 6.68. The van der Waals surface area contributed by atoms with E-state index in [-0.39, 0.29) is 24.8 Å². The summed E-state index contributed by atoms with van der Waals surface area (Å²) in [5, 5.41) is 2.64. The standard InChI is InChI=1S/C14H16N4O3/c1-2-21-13(19)5-6-16-14(20)11-3-4-12(17-9-11)18-8-7-15-10-18/h3-4,7-10H,2,5-6H2,1H3,(H,16,20). The second-order valence-corrected chi connectivity index (χ2v) is 4.19. The van der Waals surface area contributed by atoms with Crippen molar-refractivity contribution < 1.29 is 14.3 Å². The van der Waals surface area contributed by atoms with Crippen molar-refractivity contribution in [3.8, 4) is 5.82 Å². The van der Waals surface area contributed by atoms with Crippen LogP contribution in [0, 0.1) is 0 Å². The van der Waals surface area contributed by atoms with Crippen LogP contribution in [-0.4, -0.2) is 39.6 Å². The van der Waals surface area contributed by atoms with Gasteiger partial charge in [-0.1, -0.05) is 0 Å². The van der Waals surface area contributed by atoms with Crippen LogP contribution in [-0.2, 0) is 9.53 Å². The summed E-state index contributed by atoms with van der Waals surface area (Å²) in [6.45, 7) is 2.32. The highest BCUT2D eigenvalue weighted by atomic mass is 16.5. The topological polar surface area (TPSA) is 86.1 Å². The number of pyridine rings is 1.